The molecule has 2 aromatic carbocycles. The summed E-state index contributed by atoms with van der Waals surface area (Å²) in [6.07, 6.45) is 3.29. The number of hydrogen-bond acceptors (Lipinski definition) is 4. The van der Waals surface area contributed by atoms with Crippen LogP contribution < -0.4 is 10.6 Å². The van der Waals surface area contributed by atoms with Gasteiger partial charge < -0.3 is 10.6 Å². The summed E-state index contributed by atoms with van der Waals surface area (Å²) in [5.41, 5.74) is 6.08. The molecule has 0 amide bonds. The number of hydrogen-bond donors (Lipinski definition) is 2. The first-order valence-electron chi connectivity index (χ1n) is 9.77. The Kier molecular flexibility index (Phi) is 8.60. The van der Waals surface area contributed by atoms with Crippen molar-refractivity contribution in [3.05, 3.63) is 94.7 Å². The molecule has 0 saturated heterocycles. The van der Waals surface area contributed by atoms with Gasteiger partial charge in [0, 0.05) is 20.1 Å². The maximum Gasteiger partial charge on any atom is 0.191 e. The molecular formula is C23H25IN6S. The van der Waals surface area contributed by atoms with Gasteiger partial charge in [0.15, 0.2) is 5.96 Å². The molecule has 0 spiro atoms. The van der Waals surface area contributed by atoms with E-state index in [2.05, 4.69) is 91.1 Å². The third-order valence-corrected chi connectivity index (χ3v) is 5.54. The van der Waals surface area contributed by atoms with Crippen LogP contribution >= 0.6 is 35.3 Å². The smallest absolute Gasteiger partial charge is 0.191 e. The van der Waals surface area contributed by atoms with Crippen LogP contribution in [0.1, 0.15) is 16.7 Å². The molecule has 0 aliphatic rings. The van der Waals surface area contributed by atoms with E-state index in [1.54, 1.807) is 31.0 Å². The lowest BCUT2D eigenvalue weighted by Gasteiger charge is -2.14. The molecule has 0 aliphatic heterocycles. The highest BCUT2D eigenvalue weighted by Gasteiger charge is 2.07. The molecule has 0 aliphatic carbocycles. The first-order chi connectivity index (χ1) is 14.8. The number of nitrogens with one attached hydrogen (secondary N) is 2. The van der Waals surface area contributed by atoms with Crippen molar-refractivity contribution in [1.29, 1.82) is 0 Å². The number of halogens is 1. The Balaban J connectivity index is 0.00000272. The molecule has 0 unspecified atom stereocenters. The highest BCUT2D eigenvalue weighted by molar-refractivity contribution is 14.0. The Hall–Kier alpha value is -2.72. The predicted octanol–water partition coefficient (Wildman–Crippen LogP) is 4.54. The number of aromatic nitrogens is 3. The number of thiophene rings is 1. The molecule has 160 valence electrons. The molecular weight excluding hydrogens is 519 g/mol. The van der Waals surface area contributed by atoms with Crippen LogP contribution in [0.25, 0.3) is 11.1 Å². The summed E-state index contributed by atoms with van der Waals surface area (Å²) in [4.78, 5) is 8.33. The van der Waals surface area contributed by atoms with E-state index in [4.69, 9.17) is 0 Å². The zero-order valence-electron chi connectivity index (χ0n) is 17.2. The van der Waals surface area contributed by atoms with E-state index in [0.29, 0.717) is 6.54 Å². The standard InChI is InChI=1S/C23H24N6S.HI/c1-24-23(26-12-19-10-11-30-15-19)27-13-21-4-2-3-5-22(21)20-8-6-18(7-9-20)14-29-17-25-16-28-29;/h2-11,15-17H,12-14H2,1H3,(H2,24,26,27);1H. The number of nitrogens with zero attached hydrogens (tertiary/aromatic N) is 4. The predicted molar refractivity (Wildman–Crippen MR) is 138 cm³/mol. The quantitative estimate of drug-likeness (QED) is 0.204. The van der Waals surface area contributed by atoms with E-state index >= 15 is 0 Å². The van der Waals surface area contributed by atoms with Crippen LogP contribution in [0.15, 0.2) is 83.0 Å². The van der Waals surface area contributed by atoms with Crippen molar-refractivity contribution in [3.8, 4) is 11.1 Å². The van der Waals surface area contributed by atoms with E-state index in [9.17, 15) is 0 Å². The van der Waals surface area contributed by atoms with Gasteiger partial charge in [0.05, 0.1) is 6.54 Å². The summed E-state index contributed by atoms with van der Waals surface area (Å²) in [5.74, 6) is 0.791. The molecule has 0 bridgehead atoms. The normalized spacial score (nSPS) is 11.1. The van der Waals surface area contributed by atoms with Crippen molar-refractivity contribution in [1.82, 2.24) is 25.4 Å². The van der Waals surface area contributed by atoms with Crippen LogP contribution in [-0.2, 0) is 19.6 Å². The van der Waals surface area contributed by atoms with Gasteiger partial charge in [-0.3, -0.25) is 4.99 Å². The maximum absolute atomic E-state index is 4.34. The lowest BCUT2D eigenvalue weighted by molar-refractivity contribution is 0.685. The Morgan fingerprint density at radius 3 is 2.52 bits per heavy atom. The van der Waals surface area contributed by atoms with E-state index in [0.717, 1.165) is 19.0 Å². The molecule has 8 heteroatoms. The summed E-state index contributed by atoms with van der Waals surface area (Å²) in [6.45, 7) is 2.17. The lowest BCUT2D eigenvalue weighted by atomic mass is 9.98. The van der Waals surface area contributed by atoms with Crippen molar-refractivity contribution < 1.29 is 0 Å². The second kappa shape index (κ2) is 11.6. The van der Waals surface area contributed by atoms with Crippen molar-refractivity contribution in [2.75, 3.05) is 7.05 Å². The molecule has 0 fully saturated rings. The van der Waals surface area contributed by atoms with Crippen LogP contribution in [-0.4, -0.2) is 27.8 Å². The minimum absolute atomic E-state index is 0. The number of benzene rings is 2. The van der Waals surface area contributed by atoms with Crippen LogP contribution in [0.2, 0.25) is 0 Å². The molecule has 2 heterocycles. The minimum Gasteiger partial charge on any atom is -0.352 e. The van der Waals surface area contributed by atoms with Crippen molar-refractivity contribution in [3.63, 3.8) is 0 Å². The van der Waals surface area contributed by atoms with Gasteiger partial charge in [-0.2, -0.15) is 16.4 Å². The molecule has 0 saturated carbocycles. The van der Waals surface area contributed by atoms with Gasteiger partial charge in [-0.25, -0.2) is 9.67 Å². The van der Waals surface area contributed by atoms with Gasteiger partial charge in [0.2, 0.25) is 0 Å². The summed E-state index contributed by atoms with van der Waals surface area (Å²) in [7, 11) is 1.79. The van der Waals surface area contributed by atoms with E-state index in [1.165, 1.54) is 27.8 Å². The second-order valence-electron chi connectivity index (χ2n) is 6.86. The Morgan fingerprint density at radius 1 is 1.00 bits per heavy atom. The van der Waals surface area contributed by atoms with Gasteiger partial charge in [0.1, 0.15) is 12.7 Å². The highest BCUT2D eigenvalue weighted by Crippen LogP contribution is 2.24. The average molecular weight is 544 g/mol. The van der Waals surface area contributed by atoms with Gasteiger partial charge in [-0.1, -0.05) is 48.5 Å². The van der Waals surface area contributed by atoms with Gasteiger partial charge in [-0.15, -0.1) is 24.0 Å². The Labute approximate surface area is 203 Å². The number of guanidine groups is 1. The van der Waals surface area contributed by atoms with Crippen LogP contribution in [0.5, 0.6) is 0 Å². The third kappa shape index (κ3) is 6.38. The highest BCUT2D eigenvalue weighted by atomic mass is 127. The van der Waals surface area contributed by atoms with Crippen LogP contribution in [0, 0.1) is 0 Å². The average Bonchev–Trinajstić information content (AvgIpc) is 3.49. The topological polar surface area (TPSA) is 67.1 Å². The molecule has 2 aromatic heterocycles. The maximum atomic E-state index is 4.34. The molecule has 0 atom stereocenters. The van der Waals surface area contributed by atoms with Crippen molar-refractivity contribution >= 4 is 41.3 Å². The number of aliphatic imine (C=N–C) groups is 1. The van der Waals surface area contributed by atoms with Crippen molar-refractivity contribution in [2.24, 2.45) is 4.99 Å². The lowest BCUT2D eigenvalue weighted by Crippen LogP contribution is -2.36. The van der Waals surface area contributed by atoms with E-state index in [-0.39, 0.29) is 24.0 Å². The fraction of sp³-hybridized carbons (Fsp3) is 0.174. The molecule has 31 heavy (non-hydrogen) atoms. The molecule has 2 N–H and O–H groups in total. The second-order valence-corrected chi connectivity index (χ2v) is 7.64. The third-order valence-electron chi connectivity index (χ3n) is 4.80. The first kappa shape index (κ1) is 23.0. The fourth-order valence-corrected chi connectivity index (χ4v) is 3.89. The van der Waals surface area contributed by atoms with Gasteiger partial charge in [0.25, 0.3) is 0 Å². The molecule has 4 aromatic rings. The monoisotopic (exact) mass is 544 g/mol. The molecule has 0 radical (unpaired) electrons. The SMILES string of the molecule is CN=C(NCc1ccsc1)NCc1ccccc1-c1ccc(Cn2cncn2)cc1.I. The summed E-state index contributed by atoms with van der Waals surface area (Å²) in [5, 5.41) is 15.2. The minimum atomic E-state index is 0. The van der Waals surface area contributed by atoms with E-state index in [1.807, 2.05) is 4.68 Å². The van der Waals surface area contributed by atoms with Crippen molar-refractivity contribution in [2.45, 2.75) is 19.6 Å². The van der Waals surface area contributed by atoms with Gasteiger partial charge >= 0.3 is 0 Å². The molecule has 4 rings (SSSR count). The fourth-order valence-electron chi connectivity index (χ4n) is 3.23. The summed E-state index contributed by atoms with van der Waals surface area (Å²) in [6, 6.07) is 19.2. The van der Waals surface area contributed by atoms with Crippen LogP contribution in [0.3, 0.4) is 0 Å². The van der Waals surface area contributed by atoms with E-state index < -0.39 is 0 Å². The first-order valence-corrected chi connectivity index (χ1v) is 10.7. The Bertz CT molecular complexity index is 1080. The number of rotatable bonds is 7. The molecule has 6 nitrogen and oxygen atoms in total. The summed E-state index contributed by atoms with van der Waals surface area (Å²) >= 11 is 1.70. The Morgan fingerprint density at radius 2 is 1.81 bits per heavy atom. The van der Waals surface area contributed by atoms with Crippen LogP contribution in [0.4, 0.5) is 0 Å². The largest absolute Gasteiger partial charge is 0.352 e. The zero-order chi connectivity index (χ0) is 20.6. The summed E-state index contributed by atoms with van der Waals surface area (Å²) < 4.78 is 1.82. The van der Waals surface area contributed by atoms with Gasteiger partial charge in [-0.05, 0) is 44.6 Å². The zero-order valence-corrected chi connectivity index (χ0v) is 20.4.